The van der Waals surface area contributed by atoms with Gasteiger partial charge in [0.1, 0.15) is 5.92 Å². The molecule has 7 nitrogen and oxygen atoms in total. The van der Waals surface area contributed by atoms with Crippen LogP contribution in [-0.4, -0.2) is 60.1 Å². The van der Waals surface area contributed by atoms with Crippen LogP contribution in [0.3, 0.4) is 0 Å². The number of nitrogens with zero attached hydrogens (tertiary/aromatic N) is 2. The van der Waals surface area contributed by atoms with Gasteiger partial charge in [-0.25, -0.2) is 4.79 Å². The van der Waals surface area contributed by atoms with Gasteiger partial charge in [0, 0.05) is 18.8 Å². The molecule has 1 aromatic carbocycles. The number of aliphatic carboxylic acids is 1. The topological polar surface area (TPSA) is 87.2 Å². The van der Waals surface area contributed by atoms with Crippen molar-refractivity contribution in [3.8, 4) is 0 Å². The average molecular weight is 332 g/mol. The van der Waals surface area contributed by atoms with Crippen molar-refractivity contribution >= 4 is 23.5 Å². The molecule has 2 aliphatic heterocycles. The third-order valence-corrected chi connectivity index (χ3v) is 4.50. The monoisotopic (exact) mass is 332 g/mol. The van der Waals surface area contributed by atoms with Crippen LogP contribution in [0.2, 0.25) is 0 Å². The number of hydrogen-bond donors (Lipinski definition) is 1. The van der Waals surface area contributed by atoms with Crippen molar-refractivity contribution in [2.24, 2.45) is 5.92 Å². The molecular formula is C17H20N2O5. The van der Waals surface area contributed by atoms with Crippen LogP contribution in [0.4, 0.5) is 5.69 Å². The highest BCUT2D eigenvalue weighted by molar-refractivity contribution is 6.09. The first-order valence-electron chi connectivity index (χ1n) is 7.98. The molecule has 0 radical (unpaired) electrons. The Morgan fingerprint density at radius 1 is 1.21 bits per heavy atom. The van der Waals surface area contributed by atoms with Crippen molar-refractivity contribution in [2.75, 3.05) is 31.1 Å². The van der Waals surface area contributed by atoms with E-state index in [9.17, 15) is 14.4 Å². The van der Waals surface area contributed by atoms with E-state index in [1.165, 1.54) is 4.90 Å². The number of anilines is 1. The Labute approximate surface area is 139 Å². The SMILES string of the molecule is Cc1ccc(N2CC[C@@H](C(=O)N3CCO[C@H](C(=O)O)C3)C2=O)cc1. The Morgan fingerprint density at radius 3 is 2.58 bits per heavy atom. The number of ether oxygens (including phenoxy) is 1. The lowest BCUT2D eigenvalue weighted by Gasteiger charge is -2.32. The Kier molecular flexibility index (Phi) is 4.53. The molecule has 0 saturated carbocycles. The third kappa shape index (κ3) is 3.12. The van der Waals surface area contributed by atoms with Crippen LogP contribution >= 0.6 is 0 Å². The van der Waals surface area contributed by atoms with Gasteiger partial charge in [0.25, 0.3) is 0 Å². The van der Waals surface area contributed by atoms with Gasteiger partial charge in [0.15, 0.2) is 6.10 Å². The minimum atomic E-state index is -1.09. The molecule has 0 spiro atoms. The second-order valence-electron chi connectivity index (χ2n) is 6.15. The van der Waals surface area contributed by atoms with Crippen molar-refractivity contribution in [1.82, 2.24) is 4.90 Å². The van der Waals surface area contributed by atoms with E-state index in [0.29, 0.717) is 19.5 Å². The zero-order valence-corrected chi connectivity index (χ0v) is 13.5. The fourth-order valence-electron chi connectivity index (χ4n) is 3.11. The molecule has 2 aliphatic rings. The van der Waals surface area contributed by atoms with Gasteiger partial charge in [-0.2, -0.15) is 0 Å². The minimum absolute atomic E-state index is 0.0114. The summed E-state index contributed by atoms with van der Waals surface area (Å²) in [6.07, 6.45) is -0.576. The van der Waals surface area contributed by atoms with Crippen LogP contribution in [0.5, 0.6) is 0 Å². The zero-order chi connectivity index (χ0) is 17.3. The van der Waals surface area contributed by atoms with Gasteiger partial charge >= 0.3 is 5.97 Å². The van der Waals surface area contributed by atoms with Crippen molar-refractivity contribution in [1.29, 1.82) is 0 Å². The average Bonchev–Trinajstić information content (AvgIpc) is 2.96. The maximum atomic E-state index is 12.6. The molecular weight excluding hydrogens is 312 g/mol. The summed E-state index contributed by atoms with van der Waals surface area (Å²) in [6.45, 7) is 2.94. The fourth-order valence-corrected chi connectivity index (χ4v) is 3.11. The third-order valence-electron chi connectivity index (χ3n) is 4.50. The summed E-state index contributed by atoms with van der Waals surface area (Å²) in [5.74, 6) is -2.35. The highest BCUT2D eigenvalue weighted by atomic mass is 16.5. The summed E-state index contributed by atoms with van der Waals surface area (Å²) in [6, 6.07) is 7.60. The summed E-state index contributed by atoms with van der Waals surface area (Å²) in [5, 5.41) is 9.03. The second-order valence-corrected chi connectivity index (χ2v) is 6.15. The molecule has 24 heavy (non-hydrogen) atoms. The molecule has 2 saturated heterocycles. The van der Waals surface area contributed by atoms with E-state index >= 15 is 0 Å². The molecule has 0 unspecified atom stereocenters. The van der Waals surface area contributed by atoms with Gasteiger partial charge in [-0.15, -0.1) is 0 Å². The van der Waals surface area contributed by atoms with Gasteiger partial charge in [0.05, 0.1) is 13.2 Å². The van der Waals surface area contributed by atoms with Crippen molar-refractivity contribution in [3.05, 3.63) is 29.8 Å². The van der Waals surface area contributed by atoms with Gasteiger partial charge in [-0.1, -0.05) is 17.7 Å². The van der Waals surface area contributed by atoms with Crippen LogP contribution in [-0.2, 0) is 19.1 Å². The summed E-state index contributed by atoms with van der Waals surface area (Å²) in [4.78, 5) is 39.4. The van der Waals surface area contributed by atoms with E-state index in [-0.39, 0.29) is 25.0 Å². The molecule has 2 atom stereocenters. The molecule has 2 heterocycles. The second kappa shape index (κ2) is 6.60. The lowest BCUT2D eigenvalue weighted by atomic mass is 10.1. The van der Waals surface area contributed by atoms with Crippen molar-refractivity contribution < 1.29 is 24.2 Å². The summed E-state index contributed by atoms with van der Waals surface area (Å²) >= 11 is 0. The normalized spacial score (nSPS) is 24.3. The molecule has 0 bridgehead atoms. The first-order valence-corrected chi connectivity index (χ1v) is 7.98. The van der Waals surface area contributed by atoms with E-state index in [0.717, 1.165) is 11.3 Å². The predicted octanol–water partition coefficient (Wildman–Crippen LogP) is 0.660. The Balaban J connectivity index is 1.69. The first-order chi connectivity index (χ1) is 11.5. The molecule has 0 aliphatic carbocycles. The molecule has 7 heteroatoms. The van der Waals surface area contributed by atoms with E-state index < -0.39 is 18.0 Å². The van der Waals surface area contributed by atoms with Crippen molar-refractivity contribution in [3.63, 3.8) is 0 Å². The Morgan fingerprint density at radius 2 is 1.92 bits per heavy atom. The van der Waals surface area contributed by atoms with Gasteiger partial charge < -0.3 is 19.6 Å². The maximum absolute atomic E-state index is 12.6. The largest absolute Gasteiger partial charge is 0.479 e. The number of carboxylic acids is 1. The summed E-state index contributed by atoms with van der Waals surface area (Å²) in [5.41, 5.74) is 1.89. The van der Waals surface area contributed by atoms with Crippen molar-refractivity contribution in [2.45, 2.75) is 19.4 Å². The Bertz CT molecular complexity index is 657. The standard InChI is InChI=1S/C17H20N2O5/c1-11-2-4-12(5-3-11)19-7-6-13(16(19)21)15(20)18-8-9-24-14(10-18)17(22)23/h2-5,13-14H,6-10H2,1H3,(H,22,23)/t13-,14-/m0/s1. The number of amides is 2. The summed E-state index contributed by atoms with van der Waals surface area (Å²) in [7, 11) is 0. The lowest BCUT2D eigenvalue weighted by Crippen LogP contribution is -2.51. The van der Waals surface area contributed by atoms with E-state index in [2.05, 4.69) is 0 Å². The van der Waals surface area contributed by atoms with Gasteiger partial charge in [0.2, 0.25) is 11.8 Å². The van der Waals surface area contributed by atoms with Gasteiger partial charge in [-0.3, -0.25) is 9.59 Å². The predicted molar refractivity (Wildman–Crippen MR) is 85.6 cm³/mol. The first kappa shape index (κ1) is 16.4. The highest BCUT2D eigenvalue weighted by Crippen LogP contribution is 2.27. The van der Waals surface area contributed by atoms with Crippen LogP contribution in [0.25, 0.3) is 0 Å². The lowest BCUT2D eigenvalue weighted by molar-refractivity contribution is -0.160. The molecule has 3 rings (SSSR count). The highest BCUT2D eigenvalue weighted by Gasteiger charge is 2.41. The number of morpholine rings is 1. The number of carbonyl (C=O) groups is 3. The summed E-state index contributed by atoms with van der Waals surface area (Å²) < 4.78 is 5.12. The molecule has 0 aromatic heterocycles. The smallest absolute Gasteiger partial charge is 0.334 e. The number of carboxylic acid groups (broad SMARTS) is 1. The number of carbonyl (C=O) groups excluding carboxylic acids is 2. The number of aryl methyl sites for hydroxylation is 1. The van der Waals surface area contributed by atoms with Crippen LogP contribution in [0.1, 0.15) is 12.0 Å². The fraction of sp³-hybridized carbons (Fsp3) is 0.471. The molecule has 128 valence electrons. The molecule has 2 fully saturated rings. The van der Waals surface area contributed by atoms with E-state index in [1.54, 1.807) is 4.90 Å². The number of hydrogen-bond acceptors (Lipinski definition) is 4. The maximum Gasteiger partial charge on any atom is 0.334 e. The number of rotatable bonds is 3. The molecule has 1 N–H and O–H groups in total. The number of benzene rings is 1. The van der Waals surface area contributed by atoms with Gasteiger partial charge in [-0.05, 0) is 25.5 Å². The zero-order valence-electron chi connectivity index (χ0n) is 13.5. The van der Waals surface area contributed by atoms with Crippen LogP contribution in [0, 0.1) is 12.8 Å². The Hall–Kier alpha value is -2.41. The van der Waals surface area contributed by atoms with E-state index in [1.807, 2.05) is 31.2 Å². The van der Waals surface area contributed by atoms with Crippen LogP contribution in [0.15, 0.2) is 24.3 Å². The molecule has 2 amide bonds. The minimum Gasteiger partial charge on any atom is -0.479 e. The van der Waals surface area contributed by atoms with Crippen LogP contribution < -0.4 is 4.90 Å². The molecule has 1 aromatic rings. The van der Waals surface area contributed by atoms with E-state index in [4.69, 9.17) is 9.84 Å². The quantitative estimate of drug-likeness (QED) is 0.822.